The van der Waals surface area contributed by atoms with E-state index in [2.05, 4.69) is 45.5 Å². The number of nitrogens with one attached hydrogen (secondary N) is 2. The highest BCUT2D eigenvalue weighted by molar-refractivity contribution is 6.32. The van der Waals surface area contributed by atoms with Crippen LogP contribution in [0, 0.1) is 11.3 Å². The van der Waals surface area contributed by atoms with Crippen LogP contribution >= 0.6 is 11.6 Å². The number of carbonyl (C=O) groups is 5. The zero-order valence-corrected chi connectivity index (χ0v) is 32.8. The van der Waals surface area contributed by atoms with E-state index in [1.807, 2.05) is 17.9 Å². The number of anilines is 2. The Balaban J connectivity index is 0.787. The first-order chi connectivity index (χ1) is 27.4. The molecule has 1 unspecified atom stereocenters. The summed E-state index contributed by atoms with van der Waals surface area (Å²) in [5, 5.41) is 14.8. The lowest BCUT2D eigenvalue weighted by Crippen LogP contribution is -2.59. The third kappa shape index (κ3) is 8.52. The van der Waals surface area contributed by atoms with E-state index in [1.54, 1.807) is 48.7 Å². The number of piperazine rings is 1. The Labute approximate surface area is 335 Å². The molecule has 4 aliphatic rings. The fourth-order valence-electron chi connectivity index (χ4n) is 7.81. The van der Waals surface area contributed by atoms with Gasteiger partial charge in [-0.2, -0.15) is 5.26 Å². The summed E-state index contributed by atoms with van der Waals surface area (Å²) in [6.45, 7) is 6.59. The van der Waals surface area contributed by atoms with Crippen LogP contribution in [0.5, 0.6) is 11.6 Å². The van der Waals surface area contributed by atoms with Crippen LogP contribution in [0.4, 0.5) is 16.2 Å². The van der Waals surface area contributed by atoms with E-state index in [0.717, 1.165) is 42.8 Å². The van der Waals surface area contributed by atoms with Crippen molar-refractivity contribution in [2.24, 2.45) is 0 Å². The van der Waals surface area contributed by atoms with Crippen molar-refractivity contribution in [3.8, 4) is 17.7 Å². The molecule has 57 heavy (non-hydrogen) atoms. The van der Waals surface area contributed by atoms with Gasteiger partial charge in [0.25, 0.3) is 11.8 Å². The van der Waals surface area contributed by atoms with Gasteiger partial charge in [-0.25, -0.2) is 9.78 Å². The lowest BCUT2D eigenvalue weighted by atomic mass is 9.88. The second-order valence-electron chi connectivity index (χ2n) is 15.1. The van der Waals surface area contributed by atoms with Crippen molar-refractivity contribution < 1.29 is 33.4 Å². The predicted molar refractivity (Wildman–Crippen MR) is 210 cm³/mol. The minimum Gasteiger partial charge on any atom is -0.490 e. The third-order valence-electron chi connectivity index (χ3n) is 11.2. The number of ether oxygens (including phenoxy) is 2. The molecule has 6 amide bonds. The third-order valence-corrected chi connectivity index (χ3v) is 11.5. The van der Waals surface area contributed by atoms with Gasteiger partial charge < -0.3 is 29.5 Å². The molecule has 7 rings (SSSR count). The van der Waals surface area contributed by atoms with E-state index in [1.165, 1.54) is 0 Å². The van der Waals surface area contributed by atoms with Gasteiger partial charge in [0.2, 0.25) is 17.7 Å². The summed E-state index contributed by atoms with van der Waals surface area (Å²) in [5.74, 6) is -1.16. The number of nitriles is 1. The van der Waals surface area contributed by atoms with E-state index in [9.17, 15) is 29.2 Å². The van der Waals surface area contributed by atoms with Crippen molar-refractivity contribution in [1.82, 2.24) is 25.0 Å². The maximum absolute atomic E-state index is 13.2. The molecule has 0 radical (unpaired) electrons. The van der Waals surface area contributed by atoms with E-state index in [-0.39, 0.29) is 48.2 Å². The van der Waals surface area contributed by atoms with Crippen LogP contribution in [0.25, 0.3) is 0 Å². The average Bonchev–Trinajstić information content (AvgIpc) is 3.41. The van der Waals surface area contributed by atoms with Gasteiger partial charge in [-0.15, -0.1) is 0 Å². The molecule has 1 aromatic heterocycles. The van der Waals surface area contributed by atoms with Crippen LogP contribution in [-0.4, -0.2) is 113 Å². The monoisotopic (exact) mass is 796 g/mol. The van der Waals surface area contributed by atoms with Crippen molar-refractivity contribution in [3.63, 3.8) is 0 Å². The standard InChI is InChI=1S/C41H45ClN8O7/c1-24-23-49(25(2)22-48(24)28-8-6-26(20-43)34(42)18-28)41(55)45-27-7-13-37(44-21-27)56-15-5-4-14-47(3)29-16-31(17-29)57-30-9-10-32-33(19-30)40(54)50(39(32)53)35-11-12-36(51)46-38(35)52/h6-10,13,18-19,21,24-25,29,31,35H,4-5,11-12,14-17,22-23H2,1-3H3,(H,45,55)(H,46,51,52)/t24-,25+,29-,31-,35?/m0/s1. The number of pyridine rings is 1. The summed E-state index contributed by atoms with van der Waals surface area (Å²) in [4.78, 5) is 74.9. The predicted octanol–water partition coefficient (Wildman–Crippen LogP) is 4.84. The van der Waals surface area contributed by atoms with Gasteiger partial charge in [0.1, 0.15) is 24.0 Å². The zero-order valence-electron chi connectivity index (χ0n) is 32.1. The molecule has 0 bridgehead atoms. The first-order valence-corrected chi connectivity index (χ1v) is 19.6. The Bertz CT molecular complexity index is 2100. The number of urea groups is 1. The number of benzene rings is 2. The summed E-state index contributed by atoms with van der Waals surface area (Å²) in [6, 6.07) is 15.0. The van der Waals surface area contributed by atoms with Gasteiger partial charge in [0.15, 0.2) is 0 Å². The molecule has 1 aliphatic carbocycles. The molecule has 3 fully saturated rings. The lowest BCUT2D eigenvalue weighted by molar-refractivity contribution is -0.136. The number of fused-ring (bicyclic) bond motifs is 1. The molecule has 298 valence electrons. The normalized spacial score (nSPS) is 23.2. The first kappa shape index (κ1) is 39.5. The highest BCUT2D eigenvalue weighted by Crippen LogP contribution is 2.34. The lowest BCUT2D eigenvalue weighted by Gasteiger charge is -2.45. The van der Waals surface area contributed by atoms with Crippen LogP contribution in [0.2, 0.25) is 5.02 Å². The number of aromatic nitrogens is 1. The molecule has 2 N–H and O–H groups in total. The van der Waals surface area contributed by atoms with Gasteiger partial charge in [0, 0.05) is 62.2 Å². The molecular weight excluding hydrogens is 752 g/mol. The summed E-state index contributed by atoms with van der Waals surface area (Å²) >= 11 is 6.28. The summed E-state index contributed by atoms with van der Waals surface area (Å²) in [6.07, 6.45) is 5.18. The minimum atomic E-state index is -1.00. The Morgan fingerprint density at radius 2 is 1.81 bits per heavy atom. The summed E-state index contributed by atoms with van der Waals surface area (Å²) in [7, 11) is 2.09. The van der Waals surface area contributed by atoms with Crippen LogP contribution in [0.1, 0.15) is 78.7 Å². The Hall–Kier alpha value is -5.72. The van der Waals surface area contributed by atoms with Gasteiger partial charge in [0.05, 0.1) is 40.2 Å². The number of rotatable bonds is 12. The second kappa shape index (κ2) is 16.8. The molecule has 0 spiro atoms. The summed E-state index contributed by atoms with van der Waals surface area (Å²) < 4.78 is 12.0. The highest BCUT2D eigenvalue weighted by Gasteiger charge is 2.45. The second-order valence-corrected chi connectivity index (χ2v) is 15.6. The van der Waals surface area contributed by atoms with E-state index in [4.69, 9.17) is 21.1 Å². The van der Waals surface area contributed by atoms with Crippen molar-refractivity contribution in [2.45, 2.75) is 82.6 Å². The molecule has 3 aliphatic heterocycles. The first-order valence-electron chi connectivity index (χ1n) is 19.3. The zero-order chi connectivity index (χ0) is 40.4. The molecule has 3 aromatic rings. The number of piperidine rings is 1. The molecular formula is C41H45ClN8O7. The van der Waals surface area contributed by atoms with Gasteiger partial charge in [-0.1, -0.05) is 11.6 Å². The van der Waals surface area contributed by atoms with E-state index < -0.39 is 29.7 Å². The fourth-order valence-corrected chi connectivity index (χ4v) is 8.03. The quantitative estimate of drug-likeness (QED) is 0.189. The van der Waals surface area contributed by atoms with Gasteiger partial charge in [-0.05, 0) is 89.2 Å². The van der Waals surface area contributed by atoms with Crippen LogP contribution in [-0.2, 0) is 9.59 Å². The number of nitrogens with zero attached hydrogens (tertiary/aromatic N) is 6. The molecule has 2 aromatic carbocycles. The van der Waals surface area contributed by atoms with Gasteiger partial charge in [-0.3, -0.25) is 29.4 Å². The largest absolute Gasteiger partial charge is 0.490 e. The molecule has 15 nitrogen and oxygen atoms in total. The number of halogens is 1. The van der Waals surface area contributed by atoms with Crippen molar-refractivity contribution >= 4 is 52.6 Å². The fraction of sp³-hybridized carbons (Fsp3) is 0.439. The molecule has 4 heterocycles. The van der Waals surface area contributed by atoms with Crippen molar-refractivity contribution in [2.75, 3.05) is 43.5 Å². The molecule has 2 saturated heterocycles. The topological polar surface area (TPSA) is 178 Å². The summed E-state index contributed by atoms with van der Waals surface area (Å²) in [5.41, 5.74) is 2.36. The SMILES string of the molecule is C[C@@H]1CN(c2ccc(C#N)c(Cl)c2)[C@@H](C)CN1C(=O)Nc1ccc(OCCCCN(C)[C@H]2C[C@H](Oc3ccc4c(c3)C(=O)N(C3CCC(=O)NC3=O)C4=O)C2)nc1. The molecule has 3 atom stereocenters. The van der Waals surface area contributed by atoms with Gasteiger partial charge >= 0.3 is 6.03 Å². The smallest absolute Gasteiger partial charge is 0.322 e. The number of carbonyl (C=O) groups excluding carboxylic acids is 5. The maximum atomic E-state index is 13.2. The van der Waals surface area contributed by atoms with Crippen LogP contribution < -0.4 is 25.0 Å². The van der Waals surface area contributed by atoms with E-state index in [0.29, 0.717) is 53.6 Å². The number of hydrogen-bond acceptors (Lipinski definition) is 11. The van der Waals surface area contributed by atoms with E-state index >= 15 is 0 Å². The van der Waals surface area contributed by atoms with Crippen LogP contribution in [0.3, 0.4) is 0 Å². The Morgan fingerprint density at radius 1 is 1.02 bits per heavy atom. The molecule has 1 saturated carbocycles. The Morgan fingerprint density at radius 3 is 2.53 bits per heavy atom. The number of imide groups is 2. The number of amides is 6. The minimum absolute atomic E-state index is 0.0200. The number of hydrogen-bond donors (Lipinski definition) is 2. The molecule has 16 heteroatoms. The number of unbranched alkanes of at least 4 members (excludes halogenated alkanes) is 1. The van der Waals surface area contributed by atoms with Crippen LogP contribution in [0.15, 0.2) is 54.7 Å². The highest BCUT2D eigenvalue weighted by atomic mass is 35.5. The maximum Gasteiger partial charge on any atom is 0.322 e. The average molecular weight is 797 g/mol. The van der Waals surface area contributed by atoms with Crippen molar-refractivity contribution in [1.29, 1.82) is 5.26 Å². The van der Waals surface area contributed by atoms with Crippen molar-refractivity contribution in [3.05, 3.63) is 76.4 Å². The Kier molecular flexibility index (Phi) is 11.6.